The predicted octanol–water partition coefficient (Wildman–Crippen LogP) is 0.882. The van der Waals surface area contributed by atoms with E-state index in [1.165, 1.54) is 0 Å². The second-order valence-corrected chi connectivity index (χ2v) is 7.20. The molecule has 0 aromatic carbocycles. The summed E-state index contributed by atoms with van der Waals surface area (Å²) in [5, 5.41) is 9.51. The molecule has 0 aromatic heterocycles. The Morgan fingerprint density at radius 2 is 2.11 bits per heavy atom. The van der Waals surface area contributed by atoms with E-state index in [2.05, 4.69) is 4.72 Å². The molecule has 0 bridgehead atoms. The first-order valence-electron chi connectivity index (χ1n) is 6.66. The summed E-state index contributed by atoms with van der Waals surface area (Å²) in [4.78, 5) is 0. The van der Waals surface area contributed by atoms with Gasteiger partial charge in [0.25, 0.3) is 0 Å². The average molecular weight is 279 g/mol. The molecule has 0 spiro atoms. The normalized spacial score (nSPS) is 25.6. The van der Waals surface area contributed by atoms with Gasteiger partial charge in [0, 0.05) is 6.54 Å². The molecule has 2 N–H and O–H groups in total. The van der Waals surface area contributed by atoms with E-state index in [9.17, 15) is 13.5 Å². The van der Waals surface area contributed by atoms with Crippen LogP contribution >= 0.6 is 0 Å². The maximum Gasteiger partial charge on any atom is 0.213 e. The largest absolute Gasteiger partial charge is 0.393 e. The van der Waals surface area contributed by atoms with Crippen LogP contribution in [0.25, 0.3) is 0 Å². The minimum absolute atomic E-state index is 0.000450. The van der Waals surface area contributed by atoms with Gasteiger partial charge in [-0.3, -0.25) is 0 Å². The molecule has 1 fully saturated rings. The third-order valence-electron chi connectivity index (χ3n) is 3.15. The summed E-state index contributed by atoms with van der Waals surface area (Å²) in [6.45, 7) is 4.41. The van der Waals surface area contributed by atoms with Crippen molar-refractivity contribution in [1.82, 2.24) is 4.72 Å². The molecule has 6 heteroatoms. The molecule has 1 saturated carbocycles. The van der Waals surface area contributed by atoms with Crippen LogP contribution in [-0.2, 0) is 14.8 Å². The molecule has 108 valence electrons. The van der Waals surface area contributed by atoms with Crippen LogP contribution in [0.15, 0.2) is 0 Å². The molecule has 0 amide bonds. The maximum atomic E-state index is 11.7. The Hall–Kier alpha value is -0.170. The second-order valence-electron chi connectivity index (χ2n) is 5.27. The molecule has 2 atom stereocenters. The average Bonchev–Trinajstić information content (AvgIpc) is 2.26. The first kappa shape index (κ1) is 15.9. The minimum Gasteiger partial charge on any atom is -0.393 e. The summed E-state index contributed by atoms with van der Waals surface area (Å²) in [7, 11) is -3.25. The monoisotopic (exact) mass is 279 g/mol. The second kappa shape index (κ2) is 7.43. The lowest BCUT2D eigenvalue weighted by atomic mass is 9.87. The van der Waals surface area contributed by atoms with Crippen molar-refractivity contribution in [3.05, 3.63) is 0 Å². The molecule has 5 nitrogen and oxygen atoms in total. The van der Waals surface area contributed by atoms with E-state index < -0.39 is 10.0 Å². The lowest BCUT2D eigenvalue weighted by Gasteiger charge is -2.25. The van der Waals surface area contributed by atoms with Gasteiger partial charge in [0.05, 0.1) is 24.6 Å². The molecular formula is C12H25NO4S. The molecule has 18 heavy (non-hydrogen) atoms. The van der Waals surface area contributed by atoms with E-state index in [4.69, 9.17) is 4.74 Å². The summed E-state index contributed by atoms with van der Waals surface area (Å²) in [6, 6.07) is 0. The van der Waals surface area contributed by atoms with Crippen LogP contribution in [0.5, 0.6) is 0 Å². The van der Waals surface area contributed by atoms with E-state index in [0.717, 1.165) is 19.3 Å². The smallest absolute Gasteiger partial charge is 0.213 e. The van der Waals surface area contributed by atoms with Crippen molar-refractivity contribution in [3.63, 3.8) is 0 Å². The molecule has 2 unspecified atom stereocenters. The summed E-state index contributed by atoms with van der Waals surface area (Å²) in [5.74, 6) is 0.259. The predicted molar refractivity (Wildman–Crippen MR) is 70.8 cm³/mol. The molecule has 0 aromatic rings. The molecule has 1 aliphatic carbocycles. The topological polar surface area (TPSA) is 75.6 Å². The first-order valence-corrected chi connectivity index (χ1v) is 8.31. The highest BCUT2D eigenvalue weighted by Crippen LogP contribution is 2.23. The number of sulfonamides is 1. The summed E-state index contributed by atoms with van der Waals surface area (Å²) in [6.07, 6.45) is 3.29. The Morgan fingerprint density at radius 1 is 1.39 bits per heavy atom. The van der Waals surface area contributed by atoms with Gasteiger partial charge in [-0.05, 0) is 39.0 Å². The quantitative estimate of drug-likeness (QED) is 0.725. The lowest BCUT2D eigenvalue weighted by Crippen LogP contribution is -2.35. The summed E-state index contributed by atoms with van der Waals surface area (Å²) in [5.41, 5.74) is 0. The zero-order valence-corrected chi connectivity index (χ0v) is 12.1. The van der Waals surface area contributed by atoms with Crippen molar-refractivity contribution in [1.29, 1.82) is 0 Å². The lowest BCUT2D eigenvalue weighted by molar-refractivity contribution is 0.0908. The van der Waals surface area contributed by atoms with Gasteiger partial charge in [0.1, 0.15) is 0 Å². The van der Waals surface area contributed by atoms with Gasteiger partial charge in [0.15, 0.2) is 0 Å². The van der Waals surface area contributed by atoms with Crippen molar-refractivity contribution in [3.8, 4) is 0 Å². The third kappa shape index (κ3) is 6.68. The highest BCUT2D eigenvalue weighted by molar-refractivity contribution is 7.89. The van der Waals surface area contributed by atoms with Gasteiger partial charge < -0.3 is 9.84 Å². The molecule has 0 radical (unpaired) electrons. The number of aliphatic hydroxyl groups is 1. The van der Waals surface area contributed by atoms with Crippen molar-refractivity contribution in [2.75, 3.05) is 18.9 Å². The summed E-state index contributed by atoms with van der Waals surface area (Å²) >= 11 is 0. The van der Waals surface area contributed by atoms with Crippen LogP contribution in [0.4, 0.5) is 0 Å². The number of aliphatic hydroxyl groups excluding tert-OH is 1. The van der Waals surface area contributed by atoms with Crippen LogP contribution in [0.2, 0.25) is 0 Å². The first-order chi connectivity index (χ1) is 8.39. The highest BCUT2D eigenvalue weighted by Gasteiger charge is 2.21. The summed E-state index contributed by atoms with van der Waals surface area (Å²) < 4.78 is 31.2. The molecule has 0 heterocycles. The molecule has 0 saturated heterocycles. The van der Waals surface area contributed by atoms with Crippen molar-refractivity contribution < 1.29 is 18.3 Å². The minimum atomic E-state index is -3.25. The Morgan fingerprint density at radius 3 is 2.72 bits per heavy atom. The van der Waals surface area contributed by atoms with Gasteiger partial charge in [-0.1, -0.05) is 6.42 Å². The molecule has 1 rings (SSSR count). The van der Waals surface area contributed by atoms with Gasteiger partial charge in [-0.15, -0.1) is 0 Å². The van der Waals surface area contributed by atoms with Gasteiger partial charge in [0.2, 0.25) is 10.0 Å². The van der Waals surface area contributed by atoms with Crippen LogP contribution in [0.3, 0.4) is 0 Å². The van der Waals surface area contributed by atoms with Gasteiger partial charge in [-0.2, -0.15) is 0 Å². The maximum absolute atomic E-state index is 11.7. The molecular weight excluding hydrogens is 254 g/mol. The molecule has 0 aliphatic heterocycles. The SMILES string of the molecule is CC(C)OCCS(=O)(=O)NCC1CCCC(O)C1. The van der Waals surface area contributed by atoms with Crippen molar-refractivity contribution in [2.45, 2.75) is 51.7 Å². The van der Waals surface area contributed by atoms with Crippen molar-refractivity contribution >= 4 is 10.0 Å². The van der Waals surface area contributed by atoms with E-state index in [0.29, 0.717) is 13.0 Å². The third-order valence-corrected chi connectivity index (χ3v) is 4.46. The van der Waals surface area contributed by atoms with Crippen LogP contribution in [-0.4, -0.2) is 44.6 Å². The zero-order chi connectivity index (χ0) is 13.6. The van der Waals surface area contributed by atoms with E-state index >= 15 is 0 Å². The number of hydrogen-bond acceptors (Lipinski definition) is 4. The van der Waals surface area contributed by atoms with Crippen LogP contribution < -0.4 is 4.72 Å². The fourth-order valence-electron chi connectivity index (χ4n) is 2.16. The fourth-order valence-corrected chi connectivity index (χ4v) is 3.11. The van der Waals surface area contributed by atoms with Gasteiger partial charge in [-0.25, -0.2) is 13.1 Å². The van der Waals surface area contributed by atoms with Crippen molar-refractivity contribution in [2.24, 2.45) is 5.92 Å². The van der Waals surface area contributed by atoms with E-state index in [1.54, 1.807) is 0 Å². The Bertz CT molecular complexity index is 329. The highest BCUT2D eigenvalue weighted by atomic mass is 32.2. The Balaban J connectivity index is 2.24. The van der Waals surface area contributed by atoms with E-state index in [1.807, 2.05) is 13.8 Å². The molecule has 1 aliphatic rings. The number of nitrogens with one attached hydrogen (secondary N) is 1. The van der Waals surface area contributed by atoms with Crippen LogP contribution in [0, 0.1) is 5.92 Å². The Kier molecular flexibility index (Phi) is 6.55. The fraction of sp³-hybridized carbons (Fsp3) is 1.00. The van der Waals surface area contributed by atoms with Gasteiger partial charge >= 0.3 is 0 Å². The standard InChI is InChI=1S/C12H25NO4S/c1-10(2)17-6-7-18(15,16)13-9-11-4-3-5-12(14)8-11/h10-14H,3-9H2,1-2H3. The Labute approximate surface area is 110 Å². The van der Waals surface area contributed by atoms with Crippen LogP contribution in [0.1, 0.15) is 39.5 Å². The van der Waals surface area contributed by atoms with E-state index in [-0.39, 0.29) is 30.5 Å². The number of ether oxygens (including phenoxy) is 1. The zero-order valence-electron chi connectivity index (χ0n) is 11.3. The number of rotatable bonds is 7. The number of hydrogen-bond donors (Lipinski definition) is 2.